The molecule has 0 saturated heterocycles. The maximum absolute atomic E-state index is 8.51. The number of hydrogen-bond acceptors (Lipinski definition) is 2. The molecule has 2 nitrogen and oxygen atoms in total. The summed E-state index contributed by atoms with van der Waals surface area (Å²) in [6.45, 7) is 3.17. The molecule has 2 heteroatoms. The maximum Gasteiger partial charge on any atom is 0.0912 e. The molecular weight excluding hydrogens is 342 g/mol. The molecule has 1 aromatic rings. The number of ether oxygens (including phenoxy) is 1. The zero-order valence-electron chi connectivity index (χ0n) is 17.4. The molecule has 1 aromatic carbocycles. The fourth-order valence-corrected chi connectivity index (χ4v) is 4.73. The lowest BCUT2D eigenvalue weighted by Gasteiger charge is -2.32. The molecule has 2 saturated carbocycles. The van der Waals surface area contributed by atoms with E-state index in [1.54, 1.807) is 0 Å². The summed E-state index contributed by atoms with van der Waals surface area (Å²) >= 11 is 0. The van der Waals surface area contributed by atoms with Gasteiger partial charge in [-0.15, -0.1) is 0 Å². The second kappa shape index (κ2) is 11.2. The van der Waals surface area contributed by atoms with Crippen LogP contribution in [0.15, 0.2) is 48.6 Å². The molecule has 3 rings (SSSR count). The van der Waals surface area contributed by atoms with Gasteiger partial charge >= 0.3 is 0 Å². The van der Waals surface area contributed by atoms with E-state index in [0.717, 1.165) is 24.9 Å². The van der Waals surface area contributed by atoms with Crippen LogP contribution in [0.3, 0.4) is 0 Å². The van der Waals surface area contributed by atoms with E-state index in [1.807, 2.05) is 18.2 Å². The van der Waals surface area contributed by atoms with E-state index < -0.39 is 0 Å². The van der Waals surface area contributed by atoms with E-state index in [4.69, 9.17) is 10.00 Å². The highest BCUT2D eigenvalue weighted by Gasteiger charge is 2.25. The highest BCUT2D eigenvalue weighted by atomic mass is 16.5. The van der Waals surface area contributed by atoms with Crippen LogP contribution in [-0.4, -0.2) is 12.7 Å². The Morgan fingerprint density at radius 1 is 0.964 bits per heavy atom. The monoisotopic (exact) mass is 377 g/mol. The zero-order chi connectivity index (χ0) is 19.6. The van der Waals surface area contributed by atoms with Gasteiger partial charge in [0.15, 0.2) is 0 Å². The van der Waals surface area contributed by atoms with Crippen molar-refractivity contribution in [2.45, 2.75) is 76.7 Å². The van der Waals surface area contributed by atoms with E-state index in [2.05, 4.69) is 37.3 Å². The molecule has 0 unspecified atom stereocenters. The van der Waals surface area contributed by atoms with E-state index in [1.165, 1.54) is 68.6 Å². The third kappa shape index (κ3) is 6.35. The molecule has 2 aliphatic rings. The van der Waals surface area contributed by atoms with Gasteiger partial charge in [0.2, 0.25) is 0 Å². The van der Waals surface area contributed by atoms with Crippen molar-refractivity contribution in [2.75, 3.05) is 6.61 Å². The van der Waals surface area contributed by atoms with Crippen molar-refractivity contribution in [2.24, 2.45) is 11.8 Å². The number of hydrogen-bond donors (Lipinski definition) is 0. The number of nitriles is 1. The summed E-state index contributed by atoms with van der Waals surface area (Å²) in [5.74, 6) is 2.14. The second-order valence-electron chi connectivity index (χ2n) is 8.56. The SMILES string of the molecule is CCc1ccc([C@H]2CC[C@H](OC[C@H]3CC[C@H](/C=C/C=C/C#N)CC3)CC2)cc1. The Bertz CT molecular complexity index is 665. The van der Waals surface area contributed by atoms with Crippen LogP contribution in [0.25, 0.3) is 0 Å². The number of rotatable bonds is 7. The fraction of sp³-hybridized carbons (Fsp3) is 0.577. The molecule has 0 aromatic heterocycles. The summed E-state index contributed by atoms with van der Waals surface area (Å²) in [6, 6.07) is 11.3. The van der Waals surface area contributed by atoms with Crippen molar-refractivity contribution in [1.29, 1.82) is 5.26 Å². The quantitative estimate of drug-likeness (QED) is 0.389. The van der Waals surface area contributed by atoms with E-state index in [0.29, 0.717) is 12.0 Å². The molecule has 150 valence electrons. The van der Waals surface area contributed by atoms with Gasteiger partial charge in [-0.3, -0.25) is 0 Å². The molecule has 28 heavy (non-hydrogen) atoms. The van der Waals surface area contributed by atoms with Crippen LogP contribution >= 0.6 is 0 Å². The Morgan fingerprint density at radius 2 is 1.68 bits per heavy atom. The van der Waals surface area contributed by atoms with Crippen molar-refractivity contribution >= 4 is 0 Å². The summed E-state index contributed by atoms with van der Waals surface area (Å²) in [5.41, 5.74) is 2.95. The minimum absolute atomic E-state index is 0.472. The second-order valence-corrected chi connectivity index (χ2v) is 8.56. The standard InChI is InChI=1S/C26H35NO/c1-2-21-11-13-24(14-12-21)25-15-17-26(18-16-25)28-20-23-9-7-22(8-10-23)6-4-3-5-19-27/h3-6,11-14,22-23,25-26H,2,7-10,15-18,20H2,1H3/b5-3+,6-4+/t22-,23-,25-,26-. The van der Waals surface area contributed by atoms with Gasteiger partial charge in [0.25, 0.3) is 0 Å². The van der Waals surface area contributed by atoms with Crippen molar-refractivity contribution in [3.8, 4) is 6.07 Å². The maximum atomic E-state index is 8.51. The summed E-state index contributed by atoms with van der Waals surface area (Å²) < 4.78 is 6.33. The summed E-state index contributed by atoms with van der Waals surface area (Å²) in [5, 5.41) is 8.51. The highest BCUT2D eigenvalue weighted by Crippen LogP contribution is 2.35. The van der Waals surface area contributed by atoms with Crippen molar-refractivity contribution in [3.05, 3.63) is 59.7 Å². The first kappa shape index (κ1) is 20.9. The molecule has 0 radical (unpaired) electrons. The van der Waals surface area contributed by atoms with Crippen LogP contribution in [0.5, 0.6) is 0 Å². The lowest BCUT2D eigenvalue weighted by molar-refractivity contribution is -0.00337. The first-order chi connectivity index (χ1) is 13.8. The zero-order valence-corrected chi connectivity index (χ0v) is 17.4. The Hall–Kier alpha value is -1.85. The molecule has 0 spiro atoms. The van der Waals surface area contributed by atoms with Crippen LogP contribution in [0, 0.1) is 23.2 Å². The highest BCUT2D eigenvalue weighted by molar-refractivity contribution is 5.25. The van der Waals surface area contributed by atoms with Gasteiger partial charge in [0, 0.05) is 12.7 Å². The largest absolute Gasteiger partial charge is 0.378 e. The molecule has 0 amide bonds. The van der Waals surface area contributed by atoms with E-state index in [-0.39, 0.29) is 0 Å². The number of aryl methyl sites for hydroxylation is 1. The Morgan fingerprint density at radius 3 is 2.32 bits per heavy atom. The number of nitrogens with zero attached hydrogens (tertiary/aromatic N) is 1. The van der Waals surface area contributed by atoms with Crippen molar-refractivity contribution in [1.82, 2.24) is 0 Å². The molecular formula is C26H35NO. The third-order valence-electron chi connectivity index (χ3n) is 6.66. The number of allylic oxidation sites excluding steroid dienone is 4. The third-order valence-corrected chi connectivity index (χ3v) is 6.66. The molecule has 0 aliphatic heterocycles. The van der Waals surface area contributed by atoms with Crippen LogP contribution in [0.1, 0.15) is 75.3 Å². The van der Waals surface area contributed by atoms with Gasteiger partial charge in [-0.1, -0.05) is 49.4 Å². The first-order valence-electron chi connectivity index (χ1n) is 11.2. The van der Waals surface area contributed by atoms with Gasteiger partial charge in [-0.2, -0.15) is 5.26 Å². The van der Waals surface area contributed by atoms with Crippen LogP contribution < -0.4 is 0 Å². The topological polar surface area (TPSA) is 33.0 Å². The summed E-state index contributed by atoms with van der Waals surface area (Å²) in [4.78, 5) is 0. The van der Waals surface area contributed by atoms with Crippen molar-refractivity contribution in [3.63, 3.8) is 0 Å². The summed E-state index contributed by atoms with van der Waals surface area (Å²) in [6.07, 6.45) is 19.3. The first-order valence-corrected chi connectivity index (χ1v) is 11.2. The van der Waals surface area contributed by atoms with E-state index >= 15 is 0 Å². The van der Waals surface area contributed by atoms with Gasteiger partial charge in [0.1, 0.15) is 0 Å². The average Bonchev–Trinajstić information content (AvgIpc) is 2.76. The summed E-state index contributed by atoms with van der Waals surface area (Å²) in [7, 11) is 0. The van der Waals surface area contributed by atoms with Crippen molar-refractivity contribution < 1.29 is 4.74 Å². The molecule has 0 N–H and O–H groups in total. The predicted molar refractivity (Wildman–Crippen MR) is 116 cm³/mol. The van der Waals surface area contributed by atoms with Crippen LogP contribution in [-0.2, 0) is 11.2 Å². The molecule has 0 atom stereocenters. The fourth-order valence-electron chi connectivity index (χ4n) is 4.73. The Balaban J connectivity index is 1.33. The molecule has 2 aliphatic carbocycles. The average molecular weight is 378 g/mol. The van der Waals surface area contributed by atoms with Crippen LogP contribution in [0.2, 0.25) is 0 Å². The lowest BCUT2D eigenvalue weighted by atomic mass is 9.81. The van der Waals surface area contributed by atoms with Gasteiger partial charge in [-0.25, -0.2) is 0 Å². The lowest BCUT2D eigenvalue weighted by Crippen LogP contribution is -2.25. The number of benzene rings is 1. The van der Waals surface area contributed by atoms with Gasteiger partial charge < -0.3 is 4.74 Å². The normalized spacial score (nSPS) is 28.6. The smallest absolute Gasteiger partial charge is 0.0912 e. The van der Waals surface area contributed by atoms with Crippen LogP contribution in [0.4, 0.5) is 0 Å². The van der Waals surface area contributed by atoms with E-state index in [9.17, 15) is 0 Å². The minimum atomic E-state index is 0.472. The molecule has 0 bridgehead atoms. The Kier molecular flexibility index (Phi) is 8.37. The predicted octanol–water partition coefficient (Wildman–Crippen LogP) is 6.73. The molecule has 2 fully saturated rings. The minimum Gasteiger partial charge on any atom is -0.378 e. The molecule has 0 heterocycles. The van der Waals surface area contributed by atoms with Gasteiger partial charge in [-0.05, 0) is 86.7 Å². The Labute approximate surface area is 171 Å². The van der Waals surface area contributed by atoms with Gasteiger partial charge in [0.05, 0.1) is 12.2 Å².